The molecule has 4 aromatic carbocycles. The monoisotopic (exact) mass is 543 g/mol. The van der Waals surface area contributed by atoms with Crippen LogP contribution >= 0.6 is 0 Å². The minimum absolute atomic E-state index is 0.118. The van der Waals surface area contributed by atoms with E-state index in [4.69, 9.17) is 10.00 Å². The van der Waals surface area contributed by atoms with Gasteiger partial charge < -0.3 is 9.84 Å². The second kappa shape index (κ2) is 13.6. The number of nitriles is 1. The molecule has 4 nitrogen and oxygen atoms in total. The number of allylic oxidation sites excluding steroid dienone is 1. The molecule has 4 rings (SSSR count). The lowest BCUT2D eigenvalue weighted by Gasteiger charge is -2.19. The Morgan fingerprint density at radius 3 is 2.15 bits per heavy atom. The van der Waals surface area contributed by atoms with Gasteiger partial charge in [0.1, 0.15) is 12.4 Å². The summed E-state index contributed by atoms with van der Waals surface area (Å²) in [6.45, 7) is 7.14. The number of carbonyl (C=O) groups is 1. The van der Waals surface area contributed by atoms with Gasteiger partial charge in [-0.15, -0.1) is 0 Å². The lowest BCUT2D eigenvalue weighted by atomic mass is 9.87. The minimum atomic E-state index is -0.916. The zero-order valence-electron chi connectivity index (χ0n) is 24.0. The van der Waals surface area contributed by atoms with Crippen LogP contribution in [-0.2, 0) is 24.9 Å². The summed E-state index contributed by atoms with van der Waals surface area (Å²) < 4.78 is 6.25. The van der Waals surface area contributed by atoms with Crippen molar-refractivity contribution >= 4 is 12.0 Å². The summed E-state index contributed by atoms with van der Waals surface area (Å²) in [5, 5.41) is 18.4. The maximum absolute atomic E-state index is 11.2. The number of benzene rings is 4. The Bertz CT molecular complexity index is 1500. The number of aryl methyl sites for hydroxylation is 1. The molecule has 4 heteroatoms. The summed E-state index contributed by atoms with van der Waals surface area (Å²) in [6, 6.07) is 33.7. The first-order chi connectivity index (χ1) is 19.7. The van der Waals surface area contributed by atoms with Gasteiger partial charge in [0, 0.05) is 5.56 Å². The van der Waals surface area contributed by atoms with Gasteiger partial charge in [-0.05, 0) is 83.2 Å². The van der Waals surface area contributed by atoms with Crippen LogP contribution in [0.4, 0.5) is 0 Å². The molecule has 0 saturated heterocycles. The largest absolute Gasteiger partial charge is 0.488 e. The molecule has 4 aromatic rings. The average Bonchev–Trinajstić information content (AvgIpc) is 2.98. The molecular weight excluding hydrogens is 506 g/mol. The first kappa shape index (κ1) is 29.4. The van der Waals surface area contributed by atoms with Crippen LogP contribution in [0.25, 0.3) is 6.08 Å². The fraction of sp³-hybridized carbons (Fsp3) is 0.243. The highest BCUT2D eigenvalue weighted by atomic mass is 16.5. The molecular formula is C37H37NO3. The average molecular weight is 544 g/mol. The van der Waals surface area contributed by atoms with Crippen LogP contribution in [0.15, 0.2) is 103 Å². The van der Waals surface area contributed by atoms with Gasteiger partial charge in [0.05, 0.1) is 17.2 Å². The highest BCUT2D eigenvalue weighted by Crippen LogP contribution is 2.26. The number of carboxylic acids is 1. The van der Waals surface area contributed by atoms with E-state index in [1.165, 1.54) is 11.1 Å². The summed E-state index contributed by atoms with van der Waals surface area (Å²) in [6.07, 6.45) is 6.93. The number of hydrogen-bond acceptors (Lipinski definition) is 3. The number of aromatic carboxylic acids is 1. The van der Waals surface area contributed by atoms with Gasteiger partial charge in [-0.2, -0.15) is 5.26 Å². The predicted molar refractivity (Wildman–Crippen MR) is 165 cm³/mol. The highest BCUT2D eigenvalue weighted by molar-refractivity contribution is 5.87. The van der Waals surface area contributed by atoms with Crippen LogP contribution in [-0.4, -0.2) is 11.1 Å². The molecule has 1 atom stereocenters. The quantitative estimate of drug-likeness (QED) is 0.206. The van der Waals surface area contributed by atoms with Crippen LogP contribution in [0.2, 0.25) is 0 Å². The maximum atomic E-state index is 11.2. The molecule has 1 N–H and O–H groups in total. The van der Waals surface area contributed by atoms with Gasteiger partial charge in [-0.3, -0.25) is 0 Å². The van der Waals surface area contributed by atoms with Gasteiger partial charge in [0.15, 0.2) is 0 Å². The van der Waals surface area contributed by atoms with E-state index in [0.29, 0.717) is 17.7 Å². The molecule has 0 aliphatic heterocycles. The molecule has 0 saturated carbocycles. The molecule has 208 valence electrons. The summed E-state index contributed by atoms with van der Waals surface area (Å²) >= 11 is 0. The van der Waals surface area contributed by atoms with Gasteiger partial charge in [0.25, 0.3) is 0 Å². The smallest absolute Gasteiger partial charge is 0.335 e. The topological polar surface area (TPSA) is 70.3 Å². The van der Waals surface area contributed by atoms with E-state index in [9.17, 15) is 9.90 Å². The number of ether oxygens (including phenoxy) is 1. The van der Waals surface area contributed by atoms with Crippen molar-refractivity contribution in [1.29, 1.82) is 5.26 Å². The van der Waals surface area contributed by atoms with E-state index in [2.05, 4.69) is 69.3 Å². The second-order valence-electron chi connectivity index (χ2n) is 11.4. The van der Waals surface area contributed by atoms with Crippen LogP contribution in [0.3, 0.4) is 0 Å². The lowest BCUT2D eigenvalue weighted by molar-refractivity contribution is 0.0697. The fourth-order valence-corrected chi connectivity index (χ4v) is 4.70. The van der Waals surface area contributed by atoms with Crippen LogP contribution in [0, 0.1) is 17.2 Å². The third-order valence-corrected chi connectivity index (χ3v) is 7.27. The van der Waals surface area contributed by atoms with E-state index in [-0.39, 0.29) is 11.3 Å². The van der Waals surface area contributed by atoms with Gasteiger partial charge in [-0.1, -0.05) is 99.7 Å². The zero-order chi connectivity index (χ0) is 29.2. The number of para-hydroxylation sites is 1. The van der Waals surface area contributed by atoms with Crippen molar-refractivity contribution < 1.29 is 14.6 Å². The van der Waals surface area contributed by atoms with Crippen LogP contribution in [0.1, 0.15) is 70.9 Å². The van der Waals surface area contributed by atoms with Crippen LogP contribution in [0.5, 0.6) is 5.75 Å². The van der Waals surface area contributed by atoms with Crippen molar-refractivity contribution in [2.45, 2.75) is 52.1 Å². The molecule has 0 radical (unpaired) electrons. The Hall–Kier alpha value is -4.62. The summed E-state index contributed by atoms with van der Waals surface area (Å²) in [5.41, 5.74) is 6.79. The maximum Gasteiger partial charge on any atom is 0.335 e. The summed E-state index contributed by atoms with van der Waals surface area (Å²) in [5.74, 6) is 0.158. The minimum Gasteiger partial charge on any atom is -0.488 e. The van der Waals surface area contributed by atoms with E-state index < -0.39 is 5.97 Å². The van der Waals surface area contributed by atoms with Crippen molar-refractivity contribution in [3.05, 3.63) is 142 Å². The first-order valence-corrected chi connectivity index (χ1v) is 14.0. The Morgan fingerprint density at radius 1 is 0.878 bits per heavy atom. The number of carboxylic acid groups (broad SMARTS) is 1. The van der Waals surface area contributed by atoms with E-state index in [1.807, 2.05) is 54.6 Å². The van der Waals surface area contributed by atoms with Crippen molar-refractivity contribution in [3.63, 3.8) is 0 Å². The molecule has 0 amide bonds. The number of nitrogens with zero attached hydrogens (tertiary/aromatic N) is 1. The summed E-state index contributed by atoms with van der Waals surface area (Å²) in [7, 11) is 0. The Morgan fingerprint density at radius 2 is 1.51 bits per heavy atom. The SMILES string of the molecule is CC(C)(C)c1ccc(COc2ccccc2/C=C/C(CCc2ccc(C(=O)O)cc2)Cc2ccc(C#N)cc2)cc1. The third kappa shape index (κ3) is 8.68. The van der Waals surface area contributed by atoms with E-state index >= 15 is 0 Å². The van der Waals surface area contributed by atoms with Gasteiger partial charge in [0.2, 0.25) is 0 Å². The van der Waals surface area contributed by atoms with E-state index in [1.54, 1.807) is 12.1 Å². The highest BCUT2D eigenvalue weighted by Gasteiger charge is 2.13. The normalized spacial score (nSPS) is 12.1. The van der Waals surface area contributed by atoms with Crippen molar-refractivity contribution in [3.8, 4) is 11.8 Å². The molecule has 0 aliphatic rings. The Balaban J connectivity index is 1.48. The molecule has 0 heterocycles. The second-order valence-corrected chi connectivity index (χ2v) is 11.4. The van der Waals surface area contributed by atoms with Gasteiger partial charge >= 0.3 is 5.97 Å². The molecule has 41 heavy (non-hydrogen) atoms. The summed E-state index contributed by atoms with van der Waals surface area (Å²) in [4.78, 5) is 11.2. The molecule has 0 bridgehead atoms. The Kier molecular flexibility index (Phi) is 9.77. The zero-order valence-corrected chi connectivity index (χ0v) is 24.0. The molecule has 0 fully saturated rings. The van der Waals surface area contributed by atoms with Crippen LogP contribution < -0.4 is 4.74 Å². The molecule has 0 spiro atoms. The molecule has 1 unspecified atom stereocenters. The molecule has 0 aliphatic carbocycles. The number of hydrogen-bond donors (Lipinski definition) is 1. The predicted octanol–water partition coefficient (Wildman–Crippen LogP) is 8.64. The standard InChI is InChI=1S/C37H37NO3/c1-37(2,3)34-22-17-31(18-23-34)26-41-35-7-5-4-6-32(35)19-16-29(24-28-10-12-30(25-38)13-11-28)9-8-27-14-20-33(21-15-27)36(39)40/h4-7,10-23,29H,8-9,24,26H2,1-3H3,(H,39,40)/b19-16+. The fourth-order valence-electron chi connectivity index (χ4n) is 4.70. The third-order valence-electron chi connectivity index (χ3n) is 7.27. The molecule has 0 aromatic heterocycles. The number of rotatable bonds is 11. The van der Waals surface area contributed by atoms with E-state index in [0.717, 1.165) is 41.7 Å². The lowest BCUT2D eigenvalue weighted by Crippen LogP contribution is -2.10. The first-order valence-electron chi connectivity index (χ1n) is 14.0. The van der Waals surface area contributed by atoms with Crippen molar-refractivity contribution in [2.75, 3.05) is 0 Å². The Labute approximate surface area is 243 Å². The van der Waals surface area contributed by atoms with Crippen molar-refractivity contribution in [2.24, 2.45) is 5.92 Å². The van der Waals surface area contributed by atoms with Crippen molar-refractivity contribution in [1.82, 2.24) is 0 Å². The van der Waals surface area contributed by atoms with Gasteiger partial charge in [-0.25, -0.2) is 4.79 Å².